The van der Waals surface area contributed by atoms with Crippen molar-refractivity contribution in [1.29, 1.82) is 0 Å². The molecule has 132 valence electrons. The minimum absolute atomic E-state index is 0.356. The molecule has 1 aromatic carbocycles. The van der Waals surface area contributed by atoms with Crippen LogP contribution in [0, 0.1) is 0 Å². The van der Waals surface area contributed by atoms with Crippen LogP contribution in [0.25, 0.3) is 0 Å². The van der Waals surface area contributed by atoms with Crippen molar-refractivity contribution in [1.82, 2.24) is 5.32 Å². The first-order valence-corrected chi connectivity index (χ1v) is 8.92. The fraction of sp³-hybridized carbons (Fsp3) is 0.400. The molecule has 0 saturated carbocycles. The predicted octanol–water partition coefficient (Wildman–Crippen LogP) is 2.00. The van der Waals surface area contributed by atoms with Gasteiger partial charge in [-0.05, 0) is 49.6 Å². The number of primary amides is 1. The lowest BCUT2D eigenvalue weighted by Crippen LogP contribution is -2.46. The number of benzene rings is 1. The molecule has 0 aliphatic rings. The molecule has 0 heterocycles. The summed E-state index contributed by atoms with van der Waals surface area (Å²) < 4.78 is 5.11. The Morgan fingerprint density at radius 1 is 1.29 bits per heavy atom. The first-order valence-electron chi connectivity index (χ1n) is 7.15. The smallest absolute Gasteiger partial charge is 0.329 e. The maximum Gasteiger partial charge on any atom is 0.329 e. The van der Waals surface area contributed by atoms with Crippen molar-refractivity contribution in [2.24, 2.45) is 5.73 Å². The number of anilines is 1. The van der Waals surface area contributed by atoms with Gasteiger partial charge in [-0.1, -0.05) is 11.6 Å². The summed E-state index contributed by atoms with van der Waals surface area (Å²) in [6, 6.07) is 4.80. The molecule has 0 spiro atoms. The van der Waals surface area contributed by atoms with Crippen LogP contribution in [0.2, 0.25) is 5.02 Å². The summed E-state index contributed by atoms with van der Waals surface area (Å²) in [4.78, 5) is 35.1. The fourth-order valence-electron chi connectivity index (χ4n) is 1.74. The molecule has 0 radical (unpaired) electrons. The molecule has 0 saturated heterocycles. The summed E-state index contributed by atoms with van der Waals surface area (Å²) in [7, 11) is 0. The zero-order chi connectivity index (χ0) is 18.1. The van der Waals surface area contributed by atoms with Crippen LogP contribution >= 0.6 is 23.4 Å². The highest BCUT2D eigenvalue weighted by molar-refractivity contribution is 7.98. The molecule has 2 atom stereocenters. The van der Waals surface area contributed by atoms with Crippen molar-refractivity contribution in [3.05, 3.63) is 29.3 Å². The summed E-state index contributed by atoms with van der Waals surface area (Å²) in [5, 5.41) is 5.47. The molecule has 0 bridgehead atoms. The van der Waals surface area contributed by atoms with Gasteiger partial charge < -0.3 is 21.1 Å². The van der Waals surface area contributed by atoms with Gasteiger partial charge in [0.25, 0.3) is 5.91 Å². The van der Waals surface area contributed by atoms with E-state index in [4.69, 9.17) is 22.1 Å². The topological polar surface area (TPSA) is 111 Å². The zero-order valence-corrected chi connectivity index (χ0v) is 14.9. The average molecular weight is 374 g/mol. The van der Waals surface area contributed by atoms with Gasteiger partial charge in [0.15, 0.2) is 6.10 Å². The summed E-state index contributed by atoms with van der Waals surface area (Å²) in [5.74, 6) is -0.569. The molecule has 0 aromatic heterocycles. The van der Waals surface area contributed by atoms with Gasteiger partial charge in [0.2, 0.25) is 0 Å². The lowest BCUT2D eigenvalue weighted by Gasteiger charge is -2.19. The fourth-order valence-corrected chi connectivity index (χ4v) is 2.34. The number of esters is 1. The van der Waals surface area contributed by atoms with Crippen molar-refractivity contribution in [2.45, 2.75) is 25.5 Å². The Hall–Kier alpha value is -1.93. The Bertz CT molecular complexity index is 583. The molecular weight excluding hydrogens is 354 g/mol. The summed E-state index contributed by atoms with van der Waals surface area (Å²) in [6.07, 6.45) is 1.20. The highest BCUT2D eigenvalue weighted by Crippen LogP contribution is 2.14. The number of rotatable bonds is 8. The van der Waals surface area contributed by atoms with Crippen LogP contribution in [0.5, 0.6) is 0 Å². The second kappa shape index (κ2) is 10.0. The van der Waals surface area contributed by atoms with Crippen molar-refractivity contribution in [2.75, 3.05) is 17.3 Å². The van der Waals surface area contributed by atoms with Crippen molar-refractivity contribution < 1.29 is 19.1 Å². The number of halogens is 1. The number of urea groups is 1. The van der Waals surface area contributed by atoms with E-state index >= 15 is 0 Å². The second-order valence-corrected chi connectivity index (χ2v) is 6.34. The molecular formula is C15H20ClN3O4S. The van der Waals surface area contributed by atoms with Crippen LogP contribution in [0.1, 0.15) is 13.3 Å². The number of carbonyl (C=O) groups is 3. The summed E-state index contributed by atoms with van der Waals surface area (Å²) in [5.41, 5.74) is 5.58. The quantitative estimate of drug-likeness (QED) is 0.603. The van der Waals surface area contributed by atoms with Gasteiger partial charge in [-0.2, -0.15) is 11.8 Å². The predicted molar refractivity (Wildman–Crippen MR) is 95.1 cm³/mol. The standard InChI is InChI=1S/C15H20ClN3O4S/c1-9(13(20)18-11-5-3-10(16)4-6-11)23-14(21)12(7-8-24-2)19-15(17)22/h3-6,9,12H,7-8H2,1-2H3,(H,18,20)(H3,17,19,22)/t9-,12+/m0/s1. The second-order valence-electron chi connectivity index (χ2n) is 4.92. The molecule has 0 aliphatic carbocycles. The molecule has 4 N–H and O–H groups in total. The van der Waals surface area contributed by atoms with E-state index in [1.54, 1.807) is 24.3 Å². The van der Waals surface area contributed by atoms with Crippen molar-refractivity contribution >= 4 is 47.0 Å². The number of nitrogens with two attached hydrogens (primary N) is 1. The number of hydrogen-bond acceptors (Lipinski definition) is 5. The molecule has 9 heteroatoms. The Balaban J connectivity index is 2.60. The number of nitrogens with one attached hydrogen (secondary N) is 2. The molecule has 1 rings (SSSR count). The highest BCUT2D eigenvalue weighted by Gasteiger charge is 2.25. The van der Waals surface area contributed by atoms with Crippen LogP contribution in [0.15, 0.2) is 24.3 Å². The molecule has 0 fully saturated rings. The number of hydrogen-bond donors (Lipinski definition) is 3. The molecule has 0 aliphatic heterocycles. The van der Waals surface area contributed by atoms with E-state index in [2.05, 4.69) is 10.6 Å². The molecule has 24 heavy (non-hydrogen) atoms. The Kier molecular flexibility index (Phi) is 8.42. The van der Waals surface area contributed by atoms with E-state index < -0.39 is 30.1 Å². The number of ether oxygens (including phenoxy) is 1. The average Bonchev–Trinajstić information content (AvgIpc) is 2.53. The van der Waals surface area contributed by atoms with E-state index in [0.717, 1.165) is 0 Å². The number of thioether (sulfide) groups is 1. The Morgan fingerprint density at radius 2 is 1.92 bits per heavy atom. The van der Waals surface area contributed by atoms with Crippen LogP contribution in [-0.2, 0) is 14.3 Å². The van der Waals surface area contributed by atoms with Crippen LogP contribution in [0.3, 0.4) is 0 Å². The van der Waals surface area contributed by atoms with Gasteiger partial charge in [0.1, 0.15) is 6.04 Å². The first-order chi connectivity index (χ1) is 11.3. The van der Waals surface area contributed by atoms with Gasteiger partial charge in [-0.15, -0.1) is 0 Å². The van der Waals surface area contributed by atoms with Gasteiger partial charge in [-0.3, -0.25) is 4.79 Å². The lowest BCUT2D eigenvalue weighted by atomic mass is 10.2. The van der Waals surface area contributed by atoms with Gasteiger partial charge in [0.05, 0.1) is 0 Å². The van der Waals surface area contributed by atoms with E-state index in [9.17, 15) is 14.4 Å². The van der Waals surface area contributed by atoms with Crippen LogP contribution < -0.4 is 16.4 Å². The Labute approximate surface area is 149 Å². The van der Waals surface area contributed by atoms with Gasteiger partial charge in [0, 0.05) is 10.7 Å². The third-order valence-electron chi connectivity index (χ3n) is 2.99. The summed E-state index contributed by atoms with van der Waals surface area (Å²) >= 11 is 7.28. The maximum absolute atomic E-state index is 12.1. The largest absolute Gasteiger partial charge is 0.451 e. The molecule has 0 unspecified atom stereocenters. The minimum atomic E-state index is -1.03. The van der Waals surface area contributed by atoms with E-state index in [-0.39, 0.29) is 0 Å². The minimum Gasteiger partial charge on any atom is -0.451 e. The maximum atomic E-state index is 12.1. The Morgan fingerprint density at radius 3 is 2.46 bits per heavy atom. The summed E-state index contributed by atoms with van der Waals surface area (Å²) in [6.45, 7) is 1.44. The third kappa shape index (κ3) is 7.10. The highest BCUT2D eigenvalue weighted by atomic mass is 35.5. The van der Waals surface area contributed by atoms with E-state index in [1.807, 2.05) is 6.26 Å². The van der Waals surface area contributed by atoms with Gasteiger partial charge in [-0.25, -0.2) is 9.59 Å². The lowest BCUT2D eigenvalue weighted by molar-refractivity contribution is -0.155. The van der Waals surface area contributed by atoms with Crippen molar-refractivity contribution in [3.63, 3.8) is 0 Å². The van der Waals surface area contributed by atoms with Gasteiger partial charge >= 0.3 is 12.0 Å². The number of amides is 3. The third-order valence-corrected chi connectivity index (χ3v) is 3.88. The molecule has 3 amide bonds. The molecule has 7 nitrogen and oxygen atoms in total. The van der Waals surface area contributed by atoms with Crippen molar-refractivity contribution in [3.8, 4) is 0 Å². The zero-order valence-electron chi connectivity index (χ0n) is 13.4. The van der Waals surface area contributed by atoms with E-state index in [0.29, 0.717) is 22.9 Å². The van der Waals surface area contributed by atoms with Crippen LogP contribution in [0.4, 0.5) is 10.5 Å². The SMILES string of the molecule is CSCC[C@@H](NC(N)=O)C(=O)O[C@@H](C)C(=O)Nc1ccc(Cl)cc1. The number of carbonyl (C=O) groups excluding carboxylic acids is 3. The normalized spacial score (nSPS) is 12.8. The monoisotopic (exact) mass is 373 g/mol. The first kappa shape index (κ1) is 20.1. The van der Waals surface area contributed by atoms with E-state index in [1.165, 1.54) is 18.7 Å². The van der Waals surface area contributed by atoms with Crippen LogP contribution in [-0.4, -0.2) is 42.1 Å². The molecule has 1 aromatic rings.